The maximum atomic E-state index is 10.2. The highest BCUT2D eigenvalue weighted by atomic mass is 16.5. The number of benzene rings is 1. The van der Waals surface area contributed by atoms with Gasteiger partial charge in [0.1, 0.15) is 5.75 Å². The van der Waals surface area contributed by atoms with Crippen molar-refractivity contribution in [3.05, 3.63) is 35.4 Å². The third kappa shape index (κ3) is 3.34. The van der Waals surface area contributed by atoms with E-state index in [1.165, 1.54) is 0 Å². The second kappa shape index (κ2) is 6.75. The number of aromatic hydroxyl groups is 1. The van der Waals surface area contributed by atoms with Crippen LogP contribution >= 0.6 is 0 Å². The van der Waals surface area contributed by atoms with E-state index in [1.54, 1.807) is 6.07 Å². The molecule has 0 spiro atoms. The normalized spacial score (nSPS) is 21.1. The number of hydrogen-bond acceptors (Lipinski definition) is 6. The van der Waals surface area contributed by atoms with Crippen molar-refractivity contribution in [1.82, 2.24) is 10.2 Å². The second-order valence-corrected chi connectivity index (χ2v) is 6.41. The van der Waals surface area contributed by atoms with Crippen molar-refractivity contribution in [2.45, 2.75) is 33.0 Å². The molecule has 2 heterocycles. The van der Waals surface area contributed by atoms with E-state index in [2.05, 4.69) is 15.1 Å². The molecule has 6 heteroatoms. The summed E-state index contributed by atoms with van der Waals surface area (Å²) in [6, 6.07) is 7.51. The van der Waals surface area contributed by atoms with Gasteiger partial charge in [0.25, 0.3) is 0 Å². The monoisotopic (exact) mass is 329 g/mol. The molecule has 2 atom stereocenters. The first-order chi connectivity index (χ1) is 11.5. The Morgan fingerprint density at radius 2 is 2.00 bits per heavy atom. The quantitative estimate of drug-likeness (QED) is 0.897. The number of aromatic nitrogens is 2. The van der Waals surface area contributed by atoms with Crippen LogP contribution in [-0.4, -0.2) is 52.3 Å². The van der Waals surface area contributed by atoms with Crippen LogP contribution in [0.4, 0.5) is 5.82 Å². The van der Waals surface area contributed by atoms with Crippen LogP contribution in [0.5, 0.6) is 5.75 Å². The highest BCUT2D eigenvalue weighted by Gasteiger charge is 2.26. The van der Waals surface area contributed by atoms with Crippen molar-refractivity contribution in [2.24, 2.45) is 0 Å². The molecule has 1 aromatic carbocycles. The lowest BCUT2D eigenvalue weighted by Crippen LogP contribution is -2.48. The van der Waals surface area contributed by atoms with Gasteiger partial charge in [0.15, 0.2) is 5.82 Å². The van der Waals surface area contributed by atoms with Crippen molar-refractivity contribution in [3.63, 3.8) is 0 Å². The SMILES string of the molecule is Cc1cc(C)c(-c2ccc(N3C[C@H](CO)O[C@H](C)C3)nn2)c(O)c1. The zero-order valence-electron chi connectivity index (χ0n) is 14.2. The van der Waals surface area contributed by atoms with Crippen LogP contribution in [0.2, 0.25) is 0 Å². The molecule has 0 saturated carbocycles. The maximum absolute atomic E-state index is 10.2. The van der Waals surface area contributed by atoms with Gasteiger partial charge in [0.2, 0.25) is 0 Å². The fourth-order valence-corrected chi connectivity index (χ4v) is 3.24. The summed E-state index contributed by atoms with van der Waals surface area (Å²) >= 11 is 0. The minimum Gasteiger partial charge on any atom is -0.507 e. The molecule has 0 bridgehead atoms. The highest BCUT2D eigenvalue weighted by molar-refractivity contribution is 5.71. The lowest BCUT2D eigenvalue weighted by atomic mass is 10.0. The van der Waals surface area contributed by atoms with E-state index in [0.717, 1.165) is 16.9 Å². The lowest BCUT2D eigenvalue weighted by Gasteiger charge is -2.36. The van der Waals surface area contributed by atoms with Crippen molar-refractivity contribution in [3.8, 4) is 17.0 Å². The van der Waals surface area contributed by atoms with Crippen LogP contribution in [0.15, 0.2) is 24.3 Å². The topological polar surface area (TPSA) is 78.7 Å². The minimum atomic E-state index is -0.210. The Balaban J connectivity index is 1.86. The standard InChI is InChI=1S/C18H23N3O3/c1-11-6-12(2)18(16(23)7-11)15-4-5-17(20-19-15)21-8-13(3)24-14(9-21)10-22/h4-7,13-14,22-23H,8-10H2,1-3H3/t13-,14-/m1/s1. The van der Waals surface area contributed by atoms with Gasteiger partial charge in [-0.25, -0.2) is 0 Å². The number of anilines is 1. The summed E-state index contributed by atoms with van der Waals surface area (Å²) in [5.41, 5.74) is 3.34. The van der Waals surface area contributed by atoms with Gasteiger partial charge in [-0.3, -0.25) is 0 Å². The molecule has 1 saturated heterocycles. The van der Waals surface area contributed by atoms with Crippen LogP contribution in [-0.2, 0) is 4.74 Å². The molecule has 128 valence electrons. The molecule has 24 heavy (non-hydrogen) atoms. The summed E-state index contributed by atoms with van der Waals surface area (Å²) in [5, 5.41) is 28.2. The molecular formula is C18H23N3O3. The molecule has 3 rings (SSSR count). The summed E-state index contributed by atoms with van der Waals surface area (Å²) in [6.45, 7) is 7.16. The van der Waals surface area contributed by atoms with Gasteiger partial charge in [-0.1, -0.05) is 6.07 Å². The summed E-state index contributed by atoms with van der Waals surface area (Å²) < 4.78 is 5.65. The smallest absolute Gasteiger partial charge is 0.151 e. The van der Waals surface area contributed by atoms with Crippen LogP contribution < -0.4 is 4.90 Å². The van der Waals surface area contributed by atoms with Crippen molar-refractivity contribution in [1.29, 1.82) is 0 Å². The van der Waals surface area contributed by atoms with Gasteiger partial charge >= 0.3 is 0 Å². The van der Waals surface area contributed by atoms with Crippen molar-refractivity contribution >= 4 is 5.82 Å². The third-order valence-corrected chi connectivity index (χ3v) is 4.22. The van der Waals surface area contributed by atoms with E-state index in [-0.39, 0.29) is 24.6 Å². The number of nitrogens with zero attached hydrogens (tertiary/aromatic N) is 3. The van der Waals surface area contributed by atoms with E-state index in [0.29, 0.717) is 24.3 Å². The van der Waals surface area contributed by atoms with E-state index < -0.39 is 0 Å². The molecule has 1 aromatic heterocycles. The molecule has 2 N–H and O–H groups in total. The number of phenolic OH excluding ortho intramolecular Hbond substituents is 1. The number of aliphatic hydroxyl groups excluding tert-OH is 1. The largest absolute Gasteiger partial charge is 0.507 e. The Morgan fingerprint density at radius 3 is 2.62 bits per heavy atom. The van der Waals surface area contributed by atoms with E-state index in [4.69, 9.17) is 4.74 Å². The number of rotatable bonds is 3. The van der Waals surface area contributed by atoms with Crippen LogP contribution in [0.1, 0.15) is 18.1 Å². The highest BCUT2D eigenvalue weighted by Crippen LogP contribution is 2.32. The Kier molecular flexibility index (Phi) is 4.69. The Bertz CT molecular complexity index is 695. The summed E-state index contributed by atoms with van der Waals surface area (Å²) in [7, 11) is 0. The van der Waals surface area contributed by atoms with Gasteiger partial charge in [0, 0.05) is 18.7 Å². The number of hydrogen-bond donors (Lipinski definition) is 2. The molecule has 0 unspecified atom stereocenters. The predicted octanol–water partition coefficient (Wildman–Crippen LogP) is 2.05. The van der Waals surface area contributed by atoms with Gasteiger partial charge in [-0.05, 0) is 50.1 Å². The molecule has 0 radical (unpaired) electrons. The Hall–Kier alpha value is -2.18. The fraction of sp³-hybridized carbons (Fsp3) is 0.444. The van der Waals surface area contributed by atoms with Crippen LogP contribution in [0.25, 0.3) is 11.3 Å². The first-order valence-corrected chi connectivity index (χ1v) is 8.13. The molecular weight excluding hydrogens is 306 g/mol. The van der Waals surface area contributed by atoms with Crippen molar-refractivity contribution < 1.29 is 14.9 Å². The number of aryl methyl sites for hydroxylation is 2. The maximum Gasteiger partial charge on any atom is 0.151 e. The average Bonchev–Trinajstić information content (AvgIpc) is 2.54. The average molecular weight is 329 g/mol. The van der Waals surface area contributed by atoms with Gasteiger partial charge in [-0.2, -0.15) is 0 Å². The number of aliphatic hydroxyl groups is 1. The molecule has 1 fully saturated rings. The molecule has 6 nitrogen and oxygen atoms in total. The molecule has 2 aromatic rings. The second-order valence-electron chi connectivity index (χ2n) is 6.41. The van der Waals surface area contributed by atoms with Crippen molar-refractivity contribution in [2.75, 3.05) is 24.6 Å². The Morgan fingerprint density at radius 1 is 1.21 bits per heavy atom. The summed E-state index contributed by atoms with van der Waals surface area (Å²) in [4.78, 5) is 2.06. The van der Waals surface area contributed by atoms with Gasteiger partial charge < -0.3 is 19.8 Å². The number of phenols is 1. The molecule has 0 aliphatic carbocycles. The van der Waals surface area contributed by atoms with Crippen LogP contribution in [0, 0.1) is 13.8 Å². The first kappa shape index (κ1) is 16.7. The Labute approximate surface area is 141 Å². The first-order valence-electron chi connectivity index (χ1n) is 8.13. The molecule has 0 amide bonds. The molecule has 1 aliphatic heterocycles. The predicted molar refractivity (Wildman–Crippen MR) is 92.2 cm³/mol. The van der Waals surface area contributed by atoms with E-state index >= 15 is 0 Å². The zero-order chi connectivity index (χ0) is 17.3. The fourth-order valence-electron chi connectivity index (χ4n) is 3.24. The number of morpholine rings is 1. The van der Waals surface area contributed by atoms with E-state index in [9.17, 15) is 10.2 Å². The summed E-state index contributed by atoms with van der Waals surface area (Å²) in [5.74, 6) is 0.964. The number of ether oxygens (including phenoxy) is 1. The molecule has 1 aliphatic rings. The minimum absolute atomic E-state index is 0.0111. The zero-order valence-corrected chi connectivity index (χ0v) is 14.2. The van der Waals surface area contributed by atoms with Crippen LogP contribution in [0.3, 0.4) is 0 Å². The van der Waals surface area contributed by atoms with Gasteiger partial charge in [-0.15, -0.1) is 10.2 Å². The summed E-state index contributed by atoms with van der Waals surface area (Å²) in [6.07, 6.45) is -0.181. The lowest BCUT2D eigenvalue weighted by molar-refractivity contribution is -0.0423. The van der Waals surface area contributed by atoms with Gasteiger partial charge in [0.05, 0.1) is 24.5 Å². The van der Waals surface area contributed by atoms with E-state index in [1.807, 2.05) is 39.0 Å². The third-order valence-electron chi connectivity index (χ3n) is 4.22.